The zero-order valence-electron chi connectivity index (χ0n) is 19.3. The number of likely N-dealkylation sites (N-methyl/N-ethyl adjacent to an activating group) is 1. The maximum atomic E-state index is 13.4. The molecule has 0 spiro atoms. The van der Waals surface area contributed by atoms with E-state index in [2.05, 4.69) is 5.32 Å². The lowest BCUT2D eigenvalue weighted by Crippen LogP contribution is -2.52. The summed E-state index contributed by atoms with van der Waals surface area (Å²) >= 11 is 0. The number of nitrogens with one attached hydrogen (secondary N) is 2. The summed E-state index contributed by atoms with van der Waals surface area (Å²) in [7, 11) is -2.67. The van der Waals surface area contributed by atoms with Gasteiger partial charge in [-0.05, 0) is 42.3 Å². The molecular weight excluding hydrogens is 468 g/mol. The molecule has 0 aromatic heterocycles. The highest BCUT2D eigenvalue weighted by atomic mass is 32.2. The number of urea groups is 1. The van der Waals surface area contributed by atoms with Crippen molar-refractivity contribution < 1.29 is 22.8 Å². The van der Waals surface area contributed by atoms with Gasteiger partial charge in [0.15, 0.2) is 0 Å². The lowest BCUT2D eigenvalue weighted by molar-refractivity contribution is -0.120. The molecule has 0 aliphatic heterocycles. The molecule has 0 saturated heterocycles. The molecule has 4 amide bonds. The largest absolute Gasteiger partial charge is 0.366 e. The quantitative estimate of drug-likeness (QED) is 0.441. The number of benzene rings is 3. The zero-order chi connectivity index (χ0) is 25.6. The van der Waals surface area contributed by atoms with Crippen molar-refractivity contribution in [1.29, 1.82) is 0 Å². The molecular formula is C25H26N4O5S. The molecule has 0 bridgehead atoms. The number of amides is 4. The van der Waals surface area contributed by atoms with Crippen molar-refractivity contribution in [3.05, 3.63) is 95.6 Å². The number of rotatable bonds is 8. The second-order valence-electron chi connectivity index (χ2n) is 7.90. The molecule has 0 aliphatic rings. The summed E-state index contributed by atoms with van der Waals surface area (Å²) in [6, 6.07) is 19.3. The molecule has 1 unspecified atom stereocenters. The molecule has 182 valence electrons. The average Bonchev–Trinajstić information content (AvgIpc) is 2.83. The normalized spacial score (nSPS) is 11.8. The van der Waals surface area contributed by atoms with E-state index in [1.165, 1.54) is 30.1 Å². The van der Waals surface area contributed by atoms with E-state index in [0.29, 0.717) is 11.3 Å². The van der Waals surface area contributed by atoms with Crippen LogP contribution in [0.15, 0.2) is 83.8 Å². The fourth-order valence-corrected chi connectivity index (χ4v) is 4.66. The van der Waals surface area contributed by atoms with Crippen molar-refractivity contribution in [1.82, 2.24) is 10.0 Å². The average molecular weight is 495 g/mol. The number of sulfonamides is 1. The summed E-state index contributed by atoms with van der Waals surface area (Å²) in [4.78, 5) is 38.9. The van der Waals surface area contributed by atoms with Gasteiger partial charge in [-0.3, -0.25) is 9.59 Å². The Morgan fingerprint density at radius 2 is 1.60 bits per heavy atom. The molecule has 3 aromatic carbocycles. The summed E-state index contributed by atoms with van der Waals surface area (Å²) < 4.78 is 27.4. The molecule has 0 fully saturated rings. The minimum atomic E-state index is -4.16. The first-order valence-corrected chi connectivity index (χ1v) is 12.2. The molecule has 1 atom stereocenters. The minimum absolute atomic E-state index is 0.0403. The number of nitrogens with two attached hydrogens (primary N) is 1. The molecule has 0 aliphatic carbocycles. The number of anilines is 1. The van der Waals surface area contributed by atoms with Crippen LogP contribution in [0.2, 0.25) is 0 Å². The van der Waals surface area contributed by atoms with Gasteiger partial charge >= 0.3 is 6.03 Å². The van der Waals surface area contributed by atoms with E-state index in [9.17, 15) is 22.8 Å². The van der Waals surface area contributed by atoms with Gasteiger partial charge in [0.05, 0.1) is 4.90 Å². The molecule has 9 nitrogen and oxygen atoms in total. The zero-order valence-corrected chi connectivity index (χ0v) is 20.1. The number of carbonyl (C=O) groups is 3. The highest BCUT2D eigenvalue weighted by molar-refractivity contribution is 7.90. The highest BCUT2D eigenvalue weighted by Crippen LogP contribution is 2.17. The monoisotopic (exact) mass is 494 g/mol. The maximum Gasteiger partial charge on any atom is 0.329 e. The van der Waals surface area contributed by atoms with E-state index in [0.717, 1.165) is 5.56 Å². The smallest absolute Gasteiger partial charge is 0.329 e. The van der Waals surface area contributed by atoms with Crippen molar-refractivity contribution >= 4 is 33.6 Å². The topological polar surface area (TPSA) is 139 Å². The van der Waals surface area contributed by atoms with Crippen LogP contribution in [-0.4, -0.2) is 39.4 Å². The maximum absolute atomic E-state index is 13.4. The number of primary amides is 1. The van der Waals surface area contributed by atoms with Gasteiger partial charge < -0.3 is 16.0 Å². The van der Waals surface area contributed by atoms with Gasteiger partial charge in [0.2, 0.25) is 11.8 Å². The lowest BCUT2D eigenvalue weighted by atomic mass is 10.0. The van der Waals surface area contributed by atoms with Crippen LogP contribution >= 0.6 is 0 Å². The number of hydrogen-bond donors (Lipinski definition) is 3. The van der Waals surface area contributed by atoms with Gasteiger partial charge in [-0.1, -0.05) is 54.6 Å². The van der Waals surface area contributed by atoms with Crippen molar-refractivity contribution in [2.75, 3.05) is 11.9 Å². The van der Waals surface area contributed by atoms with Crippen LogP contribution in [0.5, 0.6) is 0 Å². The lowest BCUT2D eigenvalue weighted by Gasteiger charge is -2.25. The third-order valence-corrected chi connectivity index (χ3v) is 6.84. The first-order chi connectivity index (χ1) is 16.6. The van der Waals surface area contributed by atoms with Crippen LogP contribution < -0.4 is 20.7 Å². The number of hydrogen-bond acceptors (Lipinski definition) is 5. The van der Waals surface area contributed by atoms with Crippen LogP contribution in [0.3, 0.4) is 0 Å². The number of carbonyl (C=O) groups excluding carboxylic acids is 3. The van der Waals surface area contributed by atoms with E-state index >= 15 is 0 Å². The standard InChI is InChI=1S/C25H26N4O5S/c1-17-9-6-7-14-22(17)35(33,34)28-25(32)27-21(15-18-10-4-3-5-11-18)24(31)29(2)20-13-8-12-19(16-20)23(26)30/h3-14,16,21H,15H2,1-2H3,(H2,26,30)(H2,27,28,32). The molecule has 0 heterocycles. The molecule has 35 heavy (non-hydrogen) atoms. The van der Waals surface area contributed by atoms with Crippen molar-refractivity contribution in [2.24, 2.45) is 5.73 Å². The van der Waals surface area contributed by atoms with E-state index in [1.807, 2.05) is 10.8 Å². The Bertz CT molecular complexity index is 1340. The number of nitrogens with zero attached hydrogens (tertiary/aromatic N) is 1. The van der Waals surface area contributed by atoms with Gasteiger partial charge in [-0.15, -0.1) is 0 Å². The fraction of sp³-hybridized carbons (Fsp3) is 0.160. The van der Waals surface area contributed by atoms with Crippen molar-refractivity contribution in [3.63, 3.8) is 0 Å². The summed E-state index contributed by atoms with van der Waals surface area (Å²) in [5, 5.41) is 2.49. The highest BCUT2D eigenvalue weighted by Gasteiger charge is 2.28. The second-order valence-corrected chi connectivity index (χ2v) is 9.55. The molecule has 0 saturated carbocycles. The molecule has 0 radical (unpaired) electrons. The Morgan fingerprint density at radius 1 is 0.943 bits per heavy atom. The Hall–Kier alpha value is -4.18. The van der Waals surface area contributed by atoms with Gasteiger partial charge in [0, 0.05) is 24.7 Å². The van der Waals surface area contributed by atoms with E-state index in [1.54, 1.807) is 61.5 Å². The van der Waals surface area contributed by atoms with Crippen LogP contribution in [0, 0.1) is 6.92 Å². The molecule has 4 N–H and O–H groups in total. The Kier molecular flexibility index (Phi) is 7.87. The van der Waals surface area contributed by atoms with Gasteiger partial charge in [0.25, 0.3) is 10.0 Å². The first-order valence-electron chi connectivity index (χ1n) is 10.7. The van der Waals surface area contributed by atoms with Crippen molar-refractivity contribution in [2.45, 2.75) is 24.3 Å². The summed E-state index contributed by atoms with van der Waals surface area (Å²) in [5.41, 5.74) is 7.17. The first kappa shape index (κ1) is 25.4. The van der Waals surface area contributed by atoms with Gasteiger partial charge in [-0.2, -0.15) is 0 Å². The SMILES string of the molecule is Cc1ccccc1S(=O)(=O)NC(=O)NC(Cc1ccccc1)C(=O)N(C)c1cccc(C(N)=O)c1. The Morgan fingerprint density at radius 3 is 2.26 bits per heavy atom. The van der Waals surface area contributed by atoms with Crippen LogP contribution in [0.25, 0.3) is 0 Å². The number of aryl methyl sites for hydroxylation is 1. The summed E-state index contributed by atoms with van der Waals surface area (Å²) in [5.74, 6) is -1.16. The predicted molar refractivity (Wildman–Crippen MR) is 132 cm³/mol. The Labute approximate surface area is 204 Å². The van der Waals surface area contributed by atoms with E-state index < -0.39 is 33.9 Å². The van der Waals surface area contributed by atoms with E-state index in [4.69, 9.17) is 5.73 Å². The molecule has 3 aromatic rings. The predicted octanol–water partition coefficient (Wildman–Crippen LogP) is 2.36. The third kappa shape index (κ3) is 6.45. The third-order valence-electron chi connectivity index (χ3n) is 5.34. The summed E-state index contributed by atoms with van der Waals surface area (Å²) in [6.07, 6.45) is 0.108. The fourth-order valence-electron chi connectivity index (χ4n) is 3.50. The van der Waals surface area contributed by atoms with Crippen LogP contribution in [0.1, 0.15) is 21.5 Å². The van der Waals surface area contributed by atoms with E-state index in [-0.39, 0.29) is 16.9 Å². The Balaban J connectivity index is 1.85. The van der Waals surface area contributed by atoms with Crippen LogP contribution in [0.4, 0.5) is 10.5 Å². The van der Waals surface area contributed by atoms with Crippen molar-refractivity contribution in [3.8, 4) is 0 Å². The van der Waals surface area contributed by atoms with Gasteiger partial charge in [0.1, 0.15) is 6.04 Å². The molecule has 10 heteroatoms. The van der Waals surface area contributed by atoms with Gasteiger partial charge in [-0.25, -0.2) is 17.9 Å². The summed E-state index contributed by atoms with van der Waals surface area (Å²) in [6.45, 7) is 1.61. The minimum Gasteiger partial charge on any atom is -0.366 e. The molecule has 3 rings (SSSR count). The second kappa shape index (κ2) is 10.8. The van der Waals surface area contributed by atoms with Crippen LogP contribution in [-0.2, 0) is 21.2 Å².